The Morgan fingerprint density at radius 1 is 1.43 bits per heavy atom. The fraction of sp³-hybridized carbons (Fsp3) is 0.455. The second-order valence-electron chi connectivity index (χ2n) is 4.50. The van der Waals surface area contributed by atoms with E-state index >= 15 is 0 Å². The van der Waals surface area contributed by atoms with Gasteiger partial charge in [0.1, 0.15) is 0 Å². The van der Waals surface area contributed by atoms with Gasteiger partial charge in [-0.15, -0.1) is 0 Å². The Balaban J connectivity index is 2.32. The van der Waals surface area contributed by atoms with E-state index in [1.54, 1.807) is 0 Å². The average Bonchev–Trinajstić information content (AvgIpc) is 2.58. The summed E-state index contributed by atoms with van der Waals surface area (Å²) >= 11 is 9.36. The first-order valence-corrected chi connectivity index (χ1v) is 5.82. The Labute approximate surface area is 97.8 Å². The maximum atomic E-state index is 6.02. The van der Waals surface area contributed by atoms with Crippen LogP contribution in [0.25, 0.3) is 0 Å². The molecule has 0 unspecified atom stereocenters. The highest BCUT2D eigenvalue weighted by atomic mass is 79.9. The van der Waals surface area contributed by atoms with E-state index in [9.17, 15) is 0 Å². The molecule has 0 bridgehead atoms. The fourth-order valence-corrected chi connectivity index (χ4v) is 2.53. The molecule has 1 aliphatic carbocycles. The molecule has 14 heavy (non-hydrogen) atoms. The van der Waals surface area contributed by atoms with Crippen molar-refractivity contribution < 1.29 is 0 Å². The molecule has 0 aliphatic heterocycles. The lowest BCUT2D eigenvalue weighted by Gasteiger charge is -2.04. The molecule has 0 aromatic heterocycles. The molecular weight excluding hydrogens is 261 g/mol. The van der Waals surface area contributed by atoms with Crippen LogP contribution in [0, 0.1) is 5.41 Å². The van der Waals surface area contributed by atoms with Crippen LogP contribution < -0.4 is 5.73 Å². The zero-order chi connectivity index (χ0) is 10.5. The van der Waals surface area contributed by atoms with Gasteiger partial charge in [0.25, 0.3) is 0 Å². The number of rotatable bonds is 1. The molecule has 0 spiro atoms. The molecule has 0 amide bonds. The lowest BCUT2D eigenvalue weighted by Crippen LogP contribution is -2.06. The van der Waals surface area contributed by atoms with Crippen LogP contribution in [0.4, 0.5) is 0 Å². The van der Waals surface area contributed by atoms with Gasteiger partial charge in [0.2, 0.25) is 0 Å². The van der Waals surface area contributed by atoms with Crippen LogP contribution in [-0.4, -0.2) is 6.04 Å². The molecule has 76 valence electrons. The highest BCUT2D eigenvalue weighted by molar-refractivity contribution is 9.10. The van der Waals surface area contributed by atoms with E-state index in [0.29, 0.717) is 5.92 Å². The molecule has 1 aliphatic rings. The van der Waals surface area contributed by atoms with E-state index in [1.165, 1.54) is 5.56 Å². The number of benzene rings is 1. The zero-order valence-electron chi connectivity index (χ0n) is 8.22. The molecule has 2 atom stereocenters. The number of halogens is 2. The first-order valence-electron chi connectivity index (χ1n) is 4.65. The predicted octanol–water partition coefficient (Wildman–Crippen LogP) is 3.55. The third-order valence-electron chi connectivity index (χ3n) is 3.21. The minimum absolute atomic E-state index is 0.229. The Morgan fingerprint density at radius 2 is 2.00 bits per heavy atom. The molecule has 1 aromatic carbocycles. The van der Waals surface area contributed by atoms with Crippen molar-refractivity contribution in [3.8, 4) is 0 Å². The third kappa shape index (κ3) is 1.50. The van der Waals surface area contributed by atoms with E-state index in [2.05, 4.69) is 41.9 Å². The van der Waals surface area contributed by atoms with Crippen molar-refractivity contribution in [1.82, 2.24) is 0 Å². The van der Waals surface area contributed by atoms with Crippen molar-refractivity contribution in [3.05, 3.63) is 33.3 Å². The molecule has 0 saturated heterocycles. The summed E-state index contributed by atoms with van der Waals surface area (Å²) in [6.45, 7) is 4.40. The van der Waals surface area contributed by atoms with Crippen molar-refractivity contribution in [2.24, 2.45) is 11.1 Å². The Hall–Kier alpha value is -0.0500. The molecule has 1 aromatic rings. The van der Waals surface area contributed by atoms with E-state index in [0.717, 1.165) is 9.50 Å². The van der Waals surface area contributed by atoms with Crippen molar-refractivity contribution in [2.75, 3.05) is 0 Å². The molecule has 2 N–H and O–H groups in total. The van der Waals surface area contributed by atoms with Crippen LogP contribution in [0.5, 0.6) is 0 Å². The Kier molecular flexibility index (Phi) is 2.41. The van der Waals surface area contributed by atoms with E-state index < -0.39 is 0 Å². The summed E-state index contributed by atoms with van der Waals surface area (Å²) in [5, 5.41) is 0.751. The summed E-state index contributed by atoms with van der Waals surface area (Å²) in [5.41, 5.74) is 7.52. The second kappa shape index (κ2) is 3.22. The van der Waals surface area contributed by atoms with Crippen molar-refractivity contribution in [3.63, 3.8) is 0 Å². The maximum absolute atomic E-state index is 6.02. The van der Waals surface area contributed by atoms with Crippen LogP contribution in [0.1, 0.15) is 25.3 Å². The minimum atomic E-state index is 0.229. The standard InChI is InChI=1S/C11H13BrClN/c1-11(2)9(10(11)14)6-3-4-8(13)7(12)5-6/h3-5,9-10H,14H2,1-2H3/t9-,10-/m1/s1. The molecule has 0 radical (unpaired) electrons. The quantitative estimate of drug-likeness (QED) is 0.833. The maximum Gasteiger partial charge on any atom is 0.0548 e. The summed E-state index contributed by atoms with van der Waals surface area (Å²) < 4.78 is 0.951. The number of hydrogen-bond donors (Lipinski definition) is 1. The van der Waals surface area contributed by atoms with Crippen LogP contribution in [0.15, 0.2) is 22.7 Å². The first kappa shape index (κ1) is 10.5. The van der Waals surface area contributed by atoms with Gasteiger partial charge in [-0.1, -0.05) is 31.5 Å². The Morgan fingerprint density at radius 3 is 2.43 bits per heavy atom. The van der Waals surface area contributed by atoms with Gasteiger partial charge in [0.05, 0.1) is 5.02 Å². The van der Waals surface area contributed by atoms with Gasteiger partial charge in [0, 0.05) is 16.4 Å². The molecule has 1 nitrogen and oxygen atoms in total. The molecule has 1 fully saturated rings. The summed E-state index contributed by atoms with van der Waals surface area (Å²) in [4.78, 5) is 0. The molecule has 1 saturated carbocycles. The summed E-state index contributed by atoms with van der Waals surface area (Å²) in [7, 11) is 0. The van der Waals surface area contributed by atoms with E-state index in [1.807, 2.05) is 6.07 Å². The van der Waals surface area contributed by atoms with Crippen LogP contribution in [0.3, 0.4) is 0 Å². The zero-order valence-corrected chi connectivity index (χ0v) is 10.6. The summed E-state index contributed by atoms with van der Waals surface area (Å²) in [5.74, 6) is 0.469. The predicted molar refractivity (Wildman–Crippen MR) is 63.6 cm³/mol. The van der Waals surface area contributed by atoms with Crippen molar-refractivity contribution in [2.45, 2.75) is 25.8 Å². The van der Waals surface area contributed by atoms with Crippen LogP contribution in [-0.2, 0) is 0 Å². The highest BCUT2D eigenvalue weighted by Gasteiger charge is 2.56. The van der Waals surface area contributed by atoms with E-state index in [4.69, 9.17) is 17.3 Å². The normalized spacial score (nSPS) is 28.9. The van der Waals surface area contributed by atoms with Crippen LogP contribution >= 0.6 is 27.5 Å². The molecule has 0 heterocycles. The topological polar surface area (TPSA) is 26.0 Å². The highest BCUT2D eigenvalue weighted by Crippen LogP contribution is 2.57. The second-order valence-corrected chi connectivity index (χ2v) is 5.76. The van der Waals surface area contributed by atoms with Crippen LogP contribution in [0.2, 0.25) is 5.02 Å². The van der Waals surface area contributed by atoms with Gasteiger partial charge in [-0.05, 0) is 39.0 Å². The molecule has 3 heteroatoms. The van der Waals surface area contributed by atoms with Gasteiger partial charge in [-0.2, -0.15) is 0 Å². The molecule has 2 rings (SSSR count). The largest absolute Gasteiger partial charge is 0.327 e. The first-order chi connectivity index (χ1) is 6.44. The summed E-state index contributed by atoms with van der Waals surface area (Å²) in [6.07, 6.45) is 0. The third-order valence-corrected chi connectivity index (χ3v) is 4.43. The van der Waals surface area contributed by atoms with Gasteiger partial charge in [0.15, 0.2) is 0 Å². The fourth-order valence-electron chi connectivity index (χ4n) is 2.02. The van der Waals surface area contributed by atoms with E-state index in [-0.39, 0.29) is 11.5 Å². The summed E-state index contributed by atoms with van der Waals surface area (Å²) in [6, 6.07) is 6.33. The smallest absolute Gasteiger partial charge is 0.0548 e. The average molecular weight is 275 g/mol. The monoisotopic (exact) mass is 273 g/mol. The number of hydrogen-bond acceptors (Lipinski definition) is 1. The lowest BCUT2D eigenvalue weighted by atomic mass is 10.0. The van der Waals surface area contributed by atoms with Crippen molar-refractivity contribution in [1.29, 1.82) is 0 Å². The Bertz CT molecular complexity index is 376. The van der Waals surface area contributed by atoms with Gasteiger partial charge in [-0.3, -0.25) is 0 Å². The van der Waals surface area contributed by atoms with Gasteiger partial charge >= 0.3 is 0 Å². The van der Waals surface area contributed by atoms with Crippen molar-refractivity contribution >= 4 is 27.5 Å². The van der Waals surface area contributed by atoms with Gasteiger partial charge in [-0.25, -0.2) is 0 Å². The number of nitrogens with two attached hydrogens (primary N) is 1. The minimum Gasteiger partial charge on any atom is -0.327 e. The van der Waals surface area contributed by atoms with Gasteiger partial charge < -0.3 is 5.73 Å². The SMILES string of the molecule is CC1(C)[C@H](N)[C@H]1c1ccc(Cl)c(Br)c1. The lowest BCUT2D eigenvalue weighted by molar-refractivity contribution is 0.599. The molecular formula is C11H13BrClN.